The van der Waals surface area contributed by atoms with E-state index in [1.807, 2.05) is 0 Å². The first-order valence-corrected chi connectivity index (χ1v) is 5.99. The molecule has 0 aromatic carbocycles. The molecular weight excluding hydrogens is 230 g/mol. The number of esters is 1. The Morgan fingerprint density at radius 1 is 1.31 bits per heavy atom. The molecule has 0 spiro atoms. The van der Waals surface area contributed by atoms with Gasteiger partial charge in [-0.2, -0.15) is 0 Å². The summed E-state index contributed by atoms with van der Waals surface area (Å²) in [4.78, 5) is 25.0. The fourth-order valence-corrected chi connectivity index (χ4v) is 1.32. The van der Waals surface area contributed by atoms with Crippen LogP contribution in [-0.2, 0) is 14.3 Å². The fraction of sp³-hybridized carbons (Fsp3) is 0.700. The maximum absolute atomic E-state index is 11.2. The summed E-state index contributed by atoms with van der Waals surface area (Å²) in [5.41, 5.74) is 0. The average Bonchev–Trinajstić information content (AvgIpc) is 2.17. The van der Waals surface area contributed by atoms with Crippen molar-refractivity contribution >= 4 is 29.8 Å². The summed E-state index contributed by atoms with van der Waals surface area (Å²) < 4.78 is 9.72. The number of rotatable bonds is 6. The second kappa shape index (κ2) is 8.15. The summed E-state index contributed by atoms with van der Waals surface area (Å²) in [6.45, 7) is 8.97. The van der Waals surface area contributed by atoms with Crippen LogP contribution < -0.4 is 4.99 Å². The van der Waals surface area contributed by atoms with E-state index in [1.165, 1.54) is 6.92 Å². The molecule has 0 aliphatic carbocycles. The molecule has 0 bridgehead atoms. The minimum atomic E-state index is -0.845. The average molecular weight is 248 g/mol. The Balaban J connectivity index is 3.77. The zero-order valence-corrected chi connectivity index (χ0v) is 10.6. The van der Waals surface area contributed by atoms with Crippen molar-refractivity contribution in [3.8, 4) is 0 Å². The van der Waals surface area contributed by atoms with Gasteiger partial charge in [0, 0.05) is 6.92 Å². The van der Waals surface area contributed by atoms with Gasteiger partial charge in [0.15, 0.2) is 0 Å². The monoisotopic (exact) mass is 248 g/mol. The van der Waals surface area contributed by atoms with Crippen LogP contribution in [0.25, 0.3) is 0 Å². The van der Waals surface area contributed by atoms with Gasteiger partial charge >= 0.3 is 11.3 Å². The molecule has 0 saturated carbocycles. The van der Waals surface area contributed by atoms with Crippen LogP contribution in [0.1, 0.15) is 20.8 Å². The Kier molecular flexibility index (Phi) is 7.62. The van der Waals surface area contributed by atoms with Crippen molar-refractivity contribution in [2.75, 3.05) is 12.3 Å². The first kappa shape index (κ1) is 15.0. The maximum Gasteiger partial charge on any atom is 0.370 e. The molecule has 0 aromatic heterocycles. The molecule has 1 atom stereocenters. The highest BCUT2D eigenvalue weighted by Gasteiger charge is 2.16. The zero-order chi connectivity index (χ0) is 12.6. The molecule has 0 radical (unpaired) electrons. The summed E-state index contributed by atoms with van der Waals surface area (Å²) in [7, 11) is 0. The van der Waals surface area contributed by atoms with Crippen LogP contribution in [-0.4, -0.2) is 36.6 Å². The van der Waals surface area contributed by atoms with E-state index in [4.69, 9.17) is 9.47 Å². The first-order chi connectivity index (χ1) is 7.47. The molecule has 1 N–H and O–H groups in total. The summed E-state index contributed by atoms with van der Waals surface area (Å²) in [5, 5.41) is -0.459. The van der Waals surface area contributed by atoms with E-state index in [1.54, 1.807) is 13.8 Å². The summed E-state index contributed by atoms with van der Waals surface area (Å²) in [6.07, 6.45) is -0.845. The van der Waals surface area contributed by atoms with Crippen molar-refractivity contribution in [2.24, 2.45) is 5.92 Å². The van der Waals surface area contributed by atoms with E-state index in [2.05, 4.69) is 11.7 Å². The van der Waals surface area contributed by atoms with E-state index in [-0.39, 0.29) is 11.9 Å². The van der Waals surface area contributed by atoms with Crippen LogP contribution in [0.3, 0.4) is 0 Å². The Morgan fingerprint density at radius 3 is 2.44 bits per heavy atom. The molecule has 0 rings (SSSR count). The lowest BCUT2D eigenvalue weighted by Gasteiger charge is -2.14. The third-order valence-corrected chi connectivity index (χ3v) is 2.25. The van der Waals surface area contributed by atoms with Gasteiger partial charge in [-0.05, 0) is 11.8 Å². The standard InChI is InChI=1S/C10H17NO4S/c1-7(2)9(12)14-8(3)15-10(13)16-6-5-11-4/h7-8H,4-6H2,1-3H3/p+1. The minimum absolute atomic E-state index is 0.232. The van der Waals surface area contributed by atoms with E-state index in [9.17, 15) is 9.59 Å². The lowest BCUT2D eigenvalue weighted by molar-refractivity contribution is -0.440. The van der Waals surface area contributed by atoms with Crippen molar-refractivity contribution in [2.45, 2.75) is 27.1 Å². The number of hydrogen-bond acceptors (Lipinski definition) is 5. The van der Waals surface area contributed by atoms with Crippen molar-refractivity contribution in [3.05, 3.63) is 0 Å². The summed E-state index contributed by atoms with van der Waals surface area (Å²) in [5.74, 6) is -0.0541. The molecule has 0 saturated heterocycles. The molecule has 0 amide bonds. The predicted molar refractivity (Wildman–Crippen MR) is 62.3 cm³/mol. The lowest BCUT2D eigenvalue weighted by Crippen LogP contribution is -2.66. The molecule has 16 heavy (non-hydrogen) atoms. The van der Waals surface area contributed by atoms with E-state index in [0.29, 0.717) is 12.3 Å². The third kappa shape index (κ3) is 7.28. The largest absolute Gasteiger partial charge is 0.425 e. The molecule has 0 aliphatic heterocycles. The molecule has 0 aliphatic rings. The van der Waals surface area contributed by atoms with Crippen LogP contribution >= 0.6 is 11.8 Å². The Labute approximate surface area is 99.6 Å². The smallest absolute Gasteiger partial charge is 0.370 e. The molecule has 6 heteroatoms. The molecule has 0 aromatic rings. The molecule has 1 unspecified atom stereocenters. The van der Waals surface area contributed by atoms with Gasteiger partial charge in [-0.25, -0.2) is 4.79 Å². The topological polar surface area (TPSA) is 66.6 Å². The number of carbonyl (C=O) groups is 2. The van der Waals surface area contributed by atoms with Crippen LogP contribution in [0.15, 0.2) is 0 Å². The first-order valence-electron chi connectivity index (χ1n) is 5.01. The minimum Gasteiger partial charge on any atom is -0.425 e. The number of carbonyl (C=O) groups excluding carboxylic acids is 2. The van der Waals surface area contributed by atoms with Gasteiger partial charge in [0.1, 0.15) is 13.3 Å². The lowest BCUT2D eigenvalue weighted by atomic mass is 10.2. The summed E-state index contributed by atoms with van der Waals surface area (Å²) >= 11 is 1.01. The predicted octanol–water partition coefficient (Wildman–Crippen LogP) is 0.183. The highest BCUT2D eigenvalue weighted by molar-refractivity contribution is 8.13. The Morgan fingerprint density at radius 2 is 1.94 bits per heavy atom. The SMILES string of the molecule is C=[NH+]CCSC(=O)OC(C)OC(=O)C(C)C. The van der Waals surface area contributed by atoms with Gasteiger partial charge in [0.2, 0.25) is 6.29 Å². The van der Waals surface area contributed by atoms with E-state index < -0.39 is 11.6 Å². The highest BCUT2D eigenvalue weighted by atomic mass is 32.2. The molecule has 92 valence electrons. The number of hydrogen-bond donors (Lipinski definition) is 1. The highest BCUT2D eigenvalue weighted by Crippen LogP contribution is 2.08. The van der Waals surface area contributed by atoms with Crippen LogP contribution in [0, 0.1) is 5.92 Å². The van der Waals surface area contributed by atoms with E-state index in [0.717, 1.165) is 11.8 Å². The van der Waals surface area contributed by atoms with Crippen molar-refractivity contribution < 1.29 is 24.1 Å². The number of thioether (sulfide) groups is 1. The van der Waals surface area contributed by atoms with Crippen LogP contribution in [0.2, 0.25) is 0 Å². The van der Waals surface area contributed by atoms with Gasteiger partial charge in [-0.1, -0.05) is 13.8 Å². The second-order valence-corrected chi connectivity index (χ2v) is 4.41. The molecule has 0 heterocycles. The third-order valence-electron chi connectivity index (χ3n) is 1.51. The van der Waals surface area contributed by atoms with Gasteiger partial charge < -0.3 is 9.47 Å². The van der Waals surface area contributed by atoms with E-state index >= 15 is 0 Å². The Hall–Kier alpha value is -1.04. The molecule has 5 nitrogen and oxygen atoms in total. The van der Waals surface area contributed by atoms with Crippen molar-refractivity contribution in [1.29, 1.82) is 0 Å². The molecule has 0 fully saturated rings. The Bertz CT molecular complexity index is 255. The summed E-state index contributed by atoms with van der Waals surface area (Å²) in [6, 6.07) is 0. The number of nitrogens with one attached hydrogen (secondary N) is 1. The van der Waals surface area contributed by atoms with Gasteiger partial charge in [0.05, 0.1) is 11.7 Å². The van der Waals surface area contributed by atoms with Gasteiger partial charge in [0.25, 0.3) is 0 Å². The van der Waals surface area contributed by atoms with Crippen molar-refractivity contribution in [3.63, 3.8) is 0 Å². The van der Waals surface area contributed by atoms with Crippen molar-refractivity contribution in [1.82, 2.24) is 0 Å². The van der Waals surface area contributed by atoms with Crippen LogP contribution in [0.5, 0.6) is 0 Å². The number of ether oxygens (including phenoxy) is 2. The van der Waals surface area contributed by atoms with Crippen LogP contribution in [0.4, 0.5) is 4.79 Å². The maximum atomic E-state index is 11.2. The van der Waals surface area contributed by atoms with Gasteiger partial charge in [-0.15, -0.1) is 0 Å². The zero-order valence-electron chi connectivity index (χ0n) is 9.82. The quantitative estimate of drug-likeness (QED) is 0.314. The molecular formula is C10H18NO4S+. The second-order valence-electron chi connectivity index (χ2n) is 3.38. The van der Waals surface area contributed by atoms with Gasteiger partial charge in [-0.3, -0.25) is 9.79 Å². The fourth-order valence-electron chi connectivity index (χ4n) is 0.700. The normalized spacial score (nSPS) is 12.0.